The van der Waals surface area contributed by atoms with Crippen molar-refractivity contribution in [3.63, 3.8) is 0 Å². The van der Waals surface area contributed by atoms with Crippen molar-refractivity contribution in [1.82, 2.24) is 10.2 Å². The highest BCUT2D eigenvalue weighted by Gasteiger charge is 2.36. The third-order valence-corrected chi connectivity index (χ3v) is 6.17. The third kappa shape index (κ3) is 4.35. The van der Waals surface area contributed by atoms with E-state index in [9.17, 15) is 22.8 Å². The zero-order valence-corrected chi connectivity index (χ0v) is 15.6. The number of hydrogen-bond acceptors (Lipinski definition) is 6. The van der Waals surface area contributed by atoms with E-state index in [0.717, 1.165) is 22.1 Å². The van der Waals surface area contributed by atoms with Gasteiger partial charge < -0.3 is 5.32 Å². The van der Waals surface area contributed by atoms with Gasteiger partial charge in [-0.25, -0.2) is 8.42 Å². The number of carbonyl (C=O) groups excluding carboxylic acids is 3. The highest BCUT2D eigenvalue weighted by Crippen LogP contribution is 2.32. The summed E-state index contributed by atoms with van der Waals surface area (Å²) in [5.41, 5.74) is 0.700. The largest absolute Gasteiger partial charge is 0.347 e. The van der Waals surface area contributed by atoms with Gasteiger partial charge in [0.15, 0.2) is 9.84 Å². The molecule has 3 rings (SSSR count). The second kappa shape index (κ2) is 7.26. The number of imide groups is 1. The molecular formula is C16H13ClN2O5S2. The molecule has 26 heavy (non-hydrogen) atoms. The molecule has 1 saturated heterocycles. The van der Waals surface area contributed by atoms with E-state index in [1.807, 2.05) is 0 Å². The monoisotopic (exact) mass is 412 g/mol. The van der Waals surface area contributed by atoms with Crippen molar-refractivity contribution in [3.05, 3.63) is 51.2 Å². The third-order valence-electron chi connectivity index (χ3n) is 3.62. The highest BCUT2D eigenvalue weighted by atomic mass is 35.5. The molecule has 2 heterocycles. The fourth-order valence-corrected chi connectivity index (χ4v) is 4.61. The number of benzene rings is 1. The topological polar surface area (TPSA) is 101 Å². The number of halogens is 1. The van der Waals surface area contributed by atoms with E-state index in [0.29, 0.717) is 10.6 Å². The van der Waals surface area contributed by atoms with Crippen LogP contribution in [0.15, 0.2) is 40.7 Å². The predicted octanol–water partition coefficient (Wildman–Crippen LogP) is 1.80. The van der Waals surface area contributed by atoms with E-state index in [1.165, 1.54) is 6.08 Å². The fraction of sp³-hybridized carbons (Fsp3) is 0.188. The average molecular weight is 413 g/mol. The quantitative estimate of drug-likeness (QED) is 0.757. The Hall–Kier alpha value is -2.10. The lowest BCUT2D eigenvalue weighted by Gasteiger charge is -2.14. The van der Waals surface area contributed by atoms with Crippen molar-refractivity contribution in [2.75, 3.05) is 12.3 Å². The Balaban J connectivity index is 1.64. The van der Waals surface area contributed by atoms with Crippen molar-refractivity contribution < 1.29 is 22.8 Å². The normalized spacial score (nSPS) is 23.0. The number of hydrogen-bond donors (Lipinski definition) is 1. The molecule has 1 fully saturated rings. The lowest BCUT2D eigenvalue weighted by molar-refractivity contribution is -0.129. The number of carbonyl (C=O) groups is 3. The van der Waals surface area contributed by atoms with Crippen molar-refractivity contribution in [2.24, 2.45) is 0 Å². The molecule has 7 nitrogen and oxygen atoms in total. The van der Waals surface area contributed by atoms with Crippen LogP contribution < -0.4 is 5.32 Å². The van der Waals surface area contributed by atoms with Crippen molar-refractivity contribution in [3.8, 4) is 0 Å². The molecule has 0 bridgehead atoms. The first kappa shape index (κ1) is 18.7. The lowest BCUT2D eigenvalue weighted by Crippen LogP contribution is -2.43. The van der Waals surface area contributed by atoms with Gasteiger partial charge in [0.1, 0.15) is 6.54 Å². The minimum Gasteiger partial charge on any atom is -0.347 e. The van der Waals surface area contributed by atoms with Gasteiger partial charge in [-0.3, -0.25) is 19.3 Å². The van der Waals surface area contributed by atoms with E-state index in [-0.39, 0.29) is 10.7 Å². The number of amides is 3. The summed E-state index contributed by atoms with van der Waals surface area (Å²) in [6.07, 6.45) is 2.91. The second-order valence-electron chi connectivity index (χ2n) is 5.65. The fourth-order valence-electron chi connectivity index (χ4n) is 2.41. The minimum atomic E-state index is -3.30. The summed E-state index contributed by atoms with van der Waals surface area (Å²) in [4.78, 5) is 37.5. The van der Waals surface area contributed by atoms with Gasteiger partial charge in [-0.05, 0) is 41.6 Å². The van der Waals surface area contributed by atoms with Crippen LogP contribution in [-0.4, -0.2) is 48.7 Å². The highest BCUT2D eigenvalue weighted by molar-refractivity contribution is 8.18. The Bertz CT molecular complexity index is 938. The Labute approximate surface area is 159 Å². The van der Waals surface area contributed by atoms with Crippen LogP contribution in [0.25, 0.3) is 6.08 Å². The number of nitrogens with one attached hydrogen (secondary N) is 1. The van der Waals surface area contributed by atoms with Crippen LogP contribution in [0.1, 0.15) is 5.56 Å². The maximum Gasteiger partial charge on any atom is 0.294 e. The molecule has 0 aliphatic carbocycles. The molecule has 1 atom stereocenters. The van der Waals surface area contributed by atoms with Crippen LogP contribution in [0, 0.1) is 0 Å². The number of rotatable bonds is 4. The molecule has 136 valence electrons. The molecule has 10 heteroatoms. The summed E-state index contributed by atoms with van der Waals surface area (Å²) < 4.78 is 22.7. The van der Waals surface area contributed by atoms with Gasteiger partial charge in [-0.2, -0.15) is 0 Å². The van der Waals surface area contributed by atoms with Crippen LogP contribution in [0.2, 0.25) is 5.02 Å². The first-order valence-corrected chi connectivity index (χ1v) is 10.4. The van der Waals surface area contributed by atoms with Gasteiger partial charge >= 0.3 is 0 Å². The Morgan fingerprint density at radius 2 is 2.00 bits per heavy atom. The zero-order valence-electron chi connectivity index (χ0n) is 13.2. The Morgan fingerprint density at radius 3 is 2.62 bits per heavy atom. The van der Waals surface area contributed by atoms with Gasteiger partial charge in [-0.1, -0.05) is 23.7 Å². The van der Waals surface area contributed by atoms with Gasteiger partial charge in [0.25, 0.3) is 11.1 Å². The van der Waals surface area contributed by atoms with Gasteiger partial charge in [0.05, 0.1) is 16.7 Å². The maximum absolute atomic E-state index is 12.4. The van der Waals surface area contributed by atoms with Gasteiger partial charge in [-0.15, -0.1) is 0 Å². The zero-order chi connectivity index (χ0) is 18.9. The molecule has 2 aliphatic rings. The SMILES string of the molecule is O=C(CN1C(=O)SC(=Cc2ccc(Cl)cc2)C1=O)NC1C=CS(=O)(=O)C1. The molecule has 3 amide bonds. The second-order valence-corrected chi connectivity index (χ2v) is 9.01. The standard InChI is InChI=1S/C16H13ClN2O5S2/c17-11-3-1-10(2-4-11)7-13-15(21)19(16(22)25-13)8-14(20)18-12-5-6-26(23,24)9-12/h1-7,12H,8-9H2,(H,18,20). The molecule has 1 N–H and O–H groups in total. The Kier molecular flexibility index (Phi) is 5.22. The van der Waals surface area contributed by atoms with Crippen LogP contribution in [0.5, 0.6) is 0 Å². The van der Waals surface area contributed by atoms with E-state index < -0.39 is 39.5 Å². The smallest absolute Gasteiger partial charge is 0.294 e. The maximum atomic E-state index is 12.4. The van der Waals surface area contributed by atoms with Crippen LogP contribution in [0.3, 0.4) is 0 Å². The van der Waals surface area contributed by atoms with Crippen molar-refractivity contribution >= 4 is 56.3 Å². The van der Waals surface area contributed by atoms with Gasteiger partial charge in [0.2, 0.25) is 5.91 Å². The first-order valence-electron chi connectivity index (χ1n) is 7.45. The van der Waals surface area contributed by atoms with E-state index in [2.05, 4.69) is 5.32 Å². The summed E-state index contributed by atoms with van der Waals surface area (Å²) in [6.45, 7) is -0.465. The van der Waals surface area contributed by atoms with Crippen molar-refractivity contribution in [1.29, 1.82) is 0 Å². The molecule has 0 aromatic heterocycles. The number of nitrogens with zero attached hydrogens (tertiary/aromatic N) is 1. The summed E-state index contributed by atoms with van der Waals surface area (Å²) in [7, 11) is -3.30. The van der Waals surface area contributed by atoms with Crippen LogP contribution in [0.4, 0.5) is 4.79 Å². The van der Waals surface area contributed by atoms with E-state index >= 15 is 0 Å². The average Bonchev–Trinajstić information content (AvgIpc) is 3.03. The number of sulfone groups is 1. The molecule has 1 unspecified atom stereocenters. The molecule has 1 aromatic rings. The Morgan fingerprint density at radius 1 is 1.31 bits per heavy atom. The van der Waals surface area contributed by atoms with Crippen LogP contribution in [-0.2, 0) is 19.4 Å². The van der Waals surface area contributed by atoms with Crippen molar-refractivity contribution in [2.45, 2.75) is 6.04 Å². The summed E-state index contributed by atoms with van der Waals surface area (Å²) in [5.74, 6) is -1.40. The molecular weight excluding hydrogens is 400 g/mol. The molecule has 0 spiro atoms. The summed E-state index contributed by atoms with van der Waals surface area (Å²) >= 11 is 6.55. The first-order chi connectivity index (χ1) is 12.2. The molecule has 0 radical (unpaired) electrons. The van der Waals surface area contributed by atoms with E-state index in [4.69, 9.17) is 11.6 Å². The van der Waals surface area contributed by atoms with E-state index in [1.54, 1.807) is 30.3 Å². The number of thioether (sulfide) groups is 1. The minimum absolute atomic E-state index is 0.202. The molecule has 1 aromatic carbocycles. The predicted molar refractivity (Wildman–Crippen MR) is 99.0 cm³/mol. The van der Waals surface area contributed by atoms with Gasteiger partial charge in [0, 0.05) is 10.4 Å². The molecule has 0 saturated carbocycles. The summed E-state index contributed by atoms with van der Waals surface area (Å²) in [6, 6.07) is 6.07. The van der Waals surface area contributed by atoms with Crippen LogP contribution >= 0.6 is 23.4 Å². The summed E-state index contributed by atoms with van der Waals surface area (Å²) in [5, 5.41) is 3.51. The molecule has 2 aliphatic heterocycles. The lowest BCUT2D eigenvalue weighted by atomic mass is 10.2.